The van der Waals surface area contributed by atoms with Crippen LogP contribution in [0, 0.1) is 34.5 Å². The third-order valence-corrected chi connectivity index (χ3v) is 9.67. The topological polar surface area (TPSA) is 180 Å². The molecule has 4 rings (SSSR count). The van der Waals surface area contributed by atoms with E-state index in [-0.39, 0.29) is 41.7 Å². The Morgan fingerprint density at radius 3 is 2.23 bits per heavy atom. The minimum Gasteiger partial charge on any atom is -0.448 e. The quantitative estimate of drug-likeness (QED) is 0.240. The fourth-order valence-corrected chi connectivity index (χ4v) is 6.57. The summed E-state index contributed by atoms with van der Waals surface area (Å²) in [4.78, 5) is 80.5. The highest BCUT2D eigenvalue weighted by Gasteiger charge is 2.70. The van der Waals surface area contributed by atoms with Gasteiger partial charge >= 0.3 is 12.1 Å². The van der Waals surface area contributed by atoms with Crippen LogP contribution in [0.4, 0.5) is 9.59 Å². The van der Waals surface area contributed by atoms with Crippen molar-refractivity contribution in [3.63, 3.8) is 0 Å². The first-order chi connectivity index (χ1) is 19.9. The summed E-state index contributed by atoms with van der Waals surface area (Å²) in [6.07, 6.45) is 1.76. The summed E-state index contributed by atoms with van der Waals surface area (Å²) in [6.45, 7) is 14.8. The van der Waals surface area contributed by atoms with E-state index in [4.69, 9.17) is 10.5 Å². The van der Waals surface area contributed by atoms with E-state index in [1.807, 2.05) is 34.6 Å². The highest BCUT2D eigenvalue weighted by Crippen LogP contribution is 2.65. The first-order valence-electron chi connectivity index (χ1n) is 15.4. The molecule has 13 nitrogen and oxygen atoms in total. The fraction of sp³-hybridized carbons (Fsp3) is 0.800. The molecule has 13 heteroatoms. The van der Waals surface area contributed by atoms with Crippen molar-refractivity contribution in [2.24, 2.45) is 40.2 Å². The molecule has 0 aromatic carbocycles. The summed E-state index contributed by atoms with van der Waals surface area (Å²) in [5.41, 5.74) is 4.39. The molecule has 2 saturated heterocycles. The van der Waals surface area contributed by atoms with Crippen molar-refractivity contribution in [3.8, 4) is 0 Å². The Hall–Kier alpha value is -3.38. The van der Waals surface area contributed by atoms with Gasteiger partial charge in [-0.1, -0.05) is 61.3 Å². The summed E-state index contributed by atoms with van der Waals surface area (Å²) in [7, 11) is 0. The van der Waals surface area contributed by atoms with E-state index in [1.54, 1.807) is 0 Å². The number of nitrogens with zero attached hydrogens (tertiary/aromatic N) is 2. The van der Waals surface area contributed by atoms with Crippen LogP contribution in [0.5, 0.6) is 0 Å². The SMILES string of the molecule is CC(C)[C@@H](CN1CCOC1=O)NC(=O)N[C@H](C(=O)N1C[C@H]2C([C@H]1C(=O)NC(CC1CC1)C(=O)C(N)=O)C2(C)C)C(C)(C)C. The largest absolute Gasteiger partial charge is 0.448 e. The number of amides is 6. The Balaban J connectivity index is 1.50. The predicted molar refractivity (Wildman–Crippen MR) is 156 cm³/mol. The summed E-state index contributed by atoms with van der Waals surface area (Å²) < 4.78 is 5.01. The number of Topliss-reactive ketones (excluding diaryl/α,β-unsaturated/α-hetero) is 1. The van der Waals surface area contributed by atoms with Gasteiger partial charge in [-0.3, -0.25) is 19.2 Å². The molecule has 2 aliphatic carbocycles. The standard InChI is InChI=1S/C30H48N6O7/c1-15(2)19(14-35-10-11-43-28(35)42)33-27(41)34-23(29(3,4)5)26(40)36-13-17-20(30(17,6)7)21(36)25(39)32-18(12-16-8-9-16)22(37)24(31)38/h15-21,23H,8-14H2,1-7H3,(H2,31,38)(H,32,39)(H2,33,34,41)/t17-,18?,19+,20?,21-,23+/m0/s1. The molecule has 0 bridgehead atoms. The molecule has 2 saturated carbocycles. The van der Waals surface area contributed by atoms with E-state index in [2.05, 4.69) is 29.8 Å². The third kappa shape index (κ3) is 7.06. The molecule has 0 aromatic rings. The third-order valence-electron chi connectivity index (χ3n) is 9.67. The van der Waals surface area contributed by atoms with Gasteiger partial charge in [0.25, 0.3) is 5.91 Å². The van der Waals surface area contributed by atoms with E-state index in [0.29, 0.717) is 26.1 Å². The number of nitrogens with one attached hydrogen (secondary N) is 3. The van der Waals surface area contributed by atoms with Gasteiger partial charge in [0, 0.05) is 13.1 Å². The van der Waals surface area contributed by atoms with E-state index < -0.39 is 59.2 Å². The molecule has 2 aliphatic heterocycles. The fourth-order valence-electron chi connectivity index (χ4n) is 6.57. The van der Waals surface area contributed by atoms with Gasteiger partial charge in [0.05, 0.1) is 18.6 Å². The average molecular weight is 605 g/mol. The monoisotopic (exact) mass is 604 g/mol. The predicted octanol–water partition coefficient (Wildman–Crippen LogP) is 0.999. The second-order valence-electron chi connectivity index (χ2n) is 14.7. The molecule has 6 amide bonds. The molecule has 43 heavy (non-hydrogen) atoms. The van der Waals surface area contributed by atoms with Gasteiger partial charge in [0.1, 0.15) is 18.7 Å². The first kappa shape index (κ1) is 32.5. The van der Waals surface area contributed by atoms with Gasteiger partial charge in [0.15, 0.2) is 0 Å². The number of nitrogens with two attached hydrogens (primary N) is 1. The molecule has 4 aliphatic rings. The van der Waals surface area contributed by atoms with Crippen LogP contribution < -0.4 is 21.7 Å². The molecule has 240 valence electrons. The van der Waals surface area contributed by atoms with E-state index in [1.165, 1.54) is 9.80 Å². The Morgan fingerprint density at radius 2 is 1.72 bits per heavy atom. The molecule has 0 spiro atoms. The second-order valence-corrected chi connectivity index (χ2v) is 14.7. The molecular formula is C30H48N6O7. The lowest BCUT2D eigenvalue weighted by Crippen LogP contribution is -2.62. The van der Waals surface area contributed by atoms with Crippen LogP contribution in [0.25, 0.3) is 0 Å². The van der Waals surface area contributed by atoms with Gasteiger partial charge in [0.2, 0.25) is 17.6 Å². The minimum absolute atomic E-state index is 0.00404. The normalized spacial score (nSPS) is 26.2. The van der Waals surface area contributed by atoms with Crippen LogP contribution in [0.3, 0.4) is 0 Å². The van der Waals surface area contributed by atoms with Crippen LogP contribution in [0.1, 0.15) is 67.7 Å². The highest BCUT2D eigenvalue weighted by atomic mass is 16.6. The maximum atomic E-state index is 14.2. The number of cyclic esters (lactones) is 1. The van der Waals surface area contributed by atoms with Gasteiger partial charge in [-0.2, -0.15) is 0 Å². The number of fused-ring (bicyclic) bond motifs is 1. The number of likely N-dealkylation sites (tertiary alicyclic amines) is 1. The number of hydrogen-bond donors (Lipinski definition) is 4. The Kier molecular flexibility index (Phi) is 9.04. The van der Waals surface area contributed by atoms with Gasteiger partial charge < -0.3 is 36.2 Å². The molecule has 6 atom stereocenters. The zero-order valence-corrected chi connectivity index (χ0v) is 26.4. The van der Waals surface area contributed by atoms with E-state index in [9.17, 15) is 28.8 Å². The number of piperidine rings is 1. The van der Waals surface area contributed by atoms with Crippen molar-refractivity contribution in [2.45, 2.75) is 91.9 Å². The number of ether oxygens (including phenoxy) is 1. The molecule has 0 radical (unpaired) electrons. The maximum Gasteiger partial charge on any atom is 0.410 e. The Bertz CT molecular complexity index is 1160. The van der Waals surface area contributed by atoms with Crippen LogP contribution in [0.15, 0.2) is 0 Å². The van der Waals surface area contributed by atoms with Gasteiger partial charge in [-0.05, 0) is 40.9 Å². The minimum atomic E-state index is -1.10. The molecule has 2 heterocycles. The summed E-state index contributed by atoms with van der Waals surface area (Å²) in [6, 6.07) is -3.79. The number of rotatable bonds is 12. The maximum absolute atomic E-state index is 14.2. The number of carbonyl (C=O) groups excluding carboxylic acids is 6. The molecule has 2 unspecified atom stereocenters. The zero-order chi connectivity index (χ0) is 32.0. The van der Waals surface area contributed by atoms with Crippen molar-refractivity contribution in [1.29, 1.82) is 0 Å². The van der Waals surface area contributed by atoms with Crippen LogP contribution >= 0.6 is 0 Å². The number of ketones is 1. The van der Waals surface area contributed by atoms with Gasteiger partial charge in [-0.15, -0.1) is 0 Å². The smallest absolute Gasteiger partial charge is 0.410 e. The van der Waals surface area contributed by atoms with E-state index >= 15 is 0 Å². The zero-order valence-electron chi connectivity index (χ0n) is 26.4. The van der Waals surface area contributed by atoms with Crippen molar-refractivity contribution in [3.05, 3.63) is 0 Å². The lowest BCUT2D eigenvalue weighted by Gasteiger charge is -2.38. The molecule has 0 aromatic heterocycles. The van der Waals surface area contributed by atoms with Crippen molar-refractivity contribution in [1.82, 2.24) is 25.8 Å². The number of carbonyl (C=O) groups is 6. The average Bonchev–Trinajstić information content (AvgIpc) is 3.67. The lowest BCUT2D eigenvalue weighted by atomic mass is 9.85. The Labute approximate surface area is 253 Å². The van der Waals surface area contributed by atoms with Crippen LogP contribution in [-0.4, -0.2) is 95.8 Å². The first-order valence-corrected chi connectivity index (χ1v) is 15.4. The van der Waals surface area contributed by atoms with Gasteiger partial charge in [-0.25, -0.2) is 9.59 Å². The number of urea groups is 1. The van der Waals surface area contributed by atoms with Crippen molar-refractivity contribution in [2.75, 3.05) is 26.2 Å². The summed E-state index contributed by atoms with van der Waals surface area (Å²) in [5, 5.41) is 8.53. The van der Waals surface area contributed by atoms with Crippen LogP contribution in [-0.2, 0) is 23.9 Å². The lowest BCUT2D eigenvalue weighted by molar-refractivity contribution is -0.145. The highest BCUT2D eigenvalue weighted by molar-refractivity contribution is 6.37. The van der Waals surface area contributed by atoms with Crippen LogP contribution in [0.2, 0.25) is 0 Å². The number of hydrogen-bond acceptors (Lipinski definition) is 7. The molecular weight excluding hydrogens is 556 g/mol. The van der Waals surface area contributed by atoms with Crippen molar-refractivity contribution >= 4 is 35.6 Å². The Morgan fingerprint density at radius 1 is 1.07 bits per heavy atom. The summed E-state index contributed by atoms with van der Waals surface area (Å²) in [5.74, 6) is -2.61. The molecule has 4 fully saturated rings. The van der Waals surface area contributed by atoms with E-state index in [0.717, 1.165) is 12.8 Å². The summed E-state index contributed by atoms with van der Waals surface area (Å²) >= 11 is 0. The van der Waals surface area contributed by atoms with Crippen molar-refractivity contribution < 1.29 is 33.5 Å². The second kappa shape index (κ2) is 12.0. The number of primary amides is 1. The molecule has 5 N–H and O–H groups in total.